The maximum absolute atomic E-state index is 11.4. The normalized spacial score (nSPS) is 24.7. The van der Waals surface area contributed by atoms with Crippen molar-refractivity contribution in [3.05, 3.63) is 34.9 Å². The van der Waals surface area contributed by atoms with Crippen LogP contribution in [-0.4, -0.2) is 25.3 Å². The molecule has 0 N–H and O–H groups in total. The summed E-state index contributed by atoms with van der Waals surface area (Å²) in [5.41, 5.74) is 0.985. The summed E-state index contributed by atoms with van der Waals surface area (Å²) in [5, 5.41) is 0.533. The van der Waals surface area contributed by atoms with E-state index >= 15 is 0 Å². The molecule has 0 saturated carbocycles. The quantitative estimate of drug-likeness (QED) is 0.803. The second-order valence-corrected chi connectivity index (χ2v) is 7.67. The lowest BCUT2D eigenvalue weighted by Crippen LogP contribution is -2.19. The van der Waals surface area contributed by atoms with E-state index in [0.29, 0.717) is 17.9 Å². The fraction of sp³-hybridized carbons (Fsp3) is 0.500. The maximum atomic E-state index is 11.4. The van der Waals surface area contributed by atoms with Crippen LogP contribution in [0.5, 0.6) is 0 Å². The molecular formula is C12H14Cl2O2S. The number of halogens is 2. The molecule has 1 aliphatic rings. The first-order valence-corrected chi connectivity index (χ1v) is 8.19. The highest BCUT2D eigenvalue weighted by molar-refractivity contribution is 7.91. The van der Waals surface area contributed by atoms with Crippen molar-refractivity contribution in [3.63, 3.8) is 0 Å². The van der Waals surface area contributed by atoms with Crippen LogP contribution in [0.2, 0.25) is 5.02 Å². The van der Waals surface area contributed by atoms with Gasteiger partial charge in [0.1, 0.15) is 0 Å². The third-order valence-electron chi connectivity index (χ3n) is 3.15. The van der Waals surface area contributed by atoms with Gasteiger partial charge in [0.2, 0.25) is 0 Å². The van der Waals surface area contributed by atoms with Crippen molar-refractivity contribution in [2.75, 3.05) is 11.5 Å². The standard InChI is InChI=1S/C12H14Cl2O2S/c13-11-4-2-1-3-9(11)7-12(14)10-5-6-17(15,16)8-10/h1-4,10,12H,5-8H2. The zero-order valence-corrected chi connectivity index (χ0v) is 11.6. The van der Waals surface area contributed by atoms with Gasteiger partial charge in [-0.2, -0.15) is 0 Å². The minimum Gasteiger partial charge on any atom is -0.229 e. The molecule has 1 fully saturated rings. The Morgan fingerprint density at radius 3 is 2.65 bits per heavy atom. The molecule has 1 aromatic rings. The van der Waals surface area contributed by atoms with E-state index in [0.717, 1.165) is 5.56 Å². The predicted octanol–water partition coefficient (Wildman–Crippen LogP) is 2.92. The summed E-state index contributed by atoms with van der Waals surface area (Å²) >= 11 is 12.4. The van der Waals surface area contributed by atoms with Crippen LogP contribution in [-0.2, 0) is 16.3 Å². The third kappa shape index (κ3) is 3.36. The molecule has 17 heavy (non-hydrogen) atoms. The molecule has 0 aliphatic carbocycles. The first kappa shape index (κ1) is 13.2. The number of hydrogen-bond acceptors (Lipinski definition) is 2. The number of rotatable bonds is 3. The van der Waals surface area contributed by atoms with Crippen LogP contribution in [0, 0.1) is 5.92 Å². The van der Waals surface area contributed by atoms with Gasteiger partial charge in [-0.15, -0.1) is 11.6 Å². The topological polar surface area (TPSA) is 34.1 Å². The van der Waals surface area contributed by atoms with Gasteiger partial charge in [0, 0.05) is 10.4 Å². The van der Waals surface area contributed by atoms with Crippen LogP contribution >= 0.6 is 23.2 Å². The van der Waals surface area contributed by atoms with Crippen LogP contribution < -0.4 is 0 Å². The first-order chi connectivity index (χ1) is 7.98. The molecule has 1 aromatic carbocycles. The Hall–Kier alpha value is -0.250. The summed E-state index contributed by atoms with van der Waals surface area (Å²) in [6.45, 7) is 0. The van der Waals surface area contributed by atoms with Crippen LogP contribution in [0.4, 0.5) is 0 Å². The van der Waals surface area contributed by atoms with Crippen LogP contribution in [0.15, 0.2) is 24.3 Å². The van der Waals surface area contributed by atoms with Crippen molar-refractivity contribution >= 4 is 33.0 Å². The van der Waals surface area contributed by atoms with Gasteiger partial charge in [-0.05, 0) is 30.4 Å². The molecule has 2 unspecified atom stereocenters. The Kier molecular flexibility index (Phi) is 4.01. The Labute approximate surface area is 112 Å². The molecule has 0 spiro atoms. The lowest BCUT2D eigenvalue weighted by Gasteiger charge is -2.16. The van der Waals surface area contributed by atoms with Crippen LogP contribution in [0.1, 0.15) is 12.0 Å². The van der Waals surface area contributed by atoms with E-state index in [1.54, 1.807) is 0 Å². The number of alkyl halides is 1. The van der Waals surface area contributed by atoms with E-state index in [1.807, 2.05) is 24.3 Å². The minimum atomic E-state index is -2.86. The largest absolute Gasteiger partial charge is 0.229 e. The maximum Gasteiger partial charge on any atom is 0.150 e. The molecule has 2 nitrogen and oxygen atoms in total. The second kappa shape index (κ2) is 5.17. The number of sulfone groups is 1. The van der Waals surface area contributed by atoms with E-state index in [2.05, 4.69) is 0 Å². The zero-order valence-electron chi connectivity index (χ0n) is 9.27. The average molecular weight is 293 g/mol. The Morgan fingerprint density at radius 2 is 2.06 bits per heavy atom. The molecule has 0 aromatic heterocycles. The Balaban J connectivity index is 2.03. The van der Waals surface area contributed by atoms with Gasteiger partial charge >= 0.3 is 0 Å². The second-order valence-electron chi connectivity index (χ2n) is 4.47. The van der Waals surface area contributed by atoms with E-state index in [9.17, 15) is 8.42 Å². The van der Waals surface area contributed by atoms with Crippen molar-refractivity contribution < 1.29 is 8.42 Å². The average Bonchev–Trinajstić information content (AvgIpc) is 2.62. The van der Waals surface area contributed by atoms with Crippen molar-refractivity contribution in [3.8, 4) is 0 Å². The van der Waals surface area contributed by atoms with Crippen LogP contribution in [0.25, 0.3) is 0 Å². The highest BCUT2D eigenvalue weighted by Gasteiger charge is 2.32. The molecule has 94 valence electrons. The van der Waals surface area contributed by atoms with E-state index in [4.69, 9.17) is 23.2 Å². The molecule has 1 aliphatic heterocycles. The van der Waals surface area contributed by atoms with E-state index in [1.165, 1.54) is 0 Å². The van der Waals surface area contributed by atoms with Gasteiger partial charge < -0.3 is 0 Å². The fourth-order valence-corrected chi connectivity index (χ4v) is 4.73. The highest BCUT2D eigenvalue weighted by atomic mass is 35.5. The monoisotopic (exact) mass is 292 g/mol. The summed E-state index contributed by atoms with van der Waals surface area (Å²) in [7, 11) is -2.86. The summed E-state index contributed by atoms with van der Waals surface area (Å²) in [6, 6.07) is 7.54. The summed E-state index contributed by atoms with van der Waals surface area (Å²) in [4.78, 5) is 0. The van der Waals surface area contributed by atoms with E-state index in [-0.39, 0.29) is 22.8 Å². The Bertz CT molecular complexity index is 499. The summed E-state index contributed by atoms with van der Waals surface area (Å²) < 4.78 is 22.8. The Morgan fingerprint density at radius 1 is 1.35 bits per heavy atom. The zero-order chi connectivity index (χ0) is 12.5. The van der Waals surface area contributed by atoms with Gasteiger partial charge in [0.15, 0.2) is 9.84 Å². The summed E-state index contributed by atoms with van der Waals surface area (Å²) in [5.74, 6) is 0.535. The number of hydrogen-bond donors (Lipinski definition) is 0. The predicted molar refractivity (Wildman–Crippen MR) is 71.6 cm³/mol. The molecule has 1 saturated heterocycles. The van der Waals surface area contributed by atoms with E-state index < -0.39 is 9.84 Å². The van der Waals surface area contributed by atoms with Gasteiger partial charge in [0.25, 0.3) is 0 Å². The van der Waals surface area contributed by atoms with Gasteiger partial charge in [-0.1, -0.05) is 29.8 Å². The van der Waals surface area contributed by atoms with Crippen molar-refractivity contribution in [1.29, 1.82) is 0 Å². The molecular weight excluding hydrogens is 279 g/mol. The van der Waals surface area contributed by atoms with Gasteiger partial charge in [0.05, 0.1) is 11.5 Å². The first-order valence-electron chi connectivity index (χ1n) is 5.56. The van der Waals surface area contributed by atoms with Crippen LogP contribution in [0.3, 0.4) is 0 Å². The van der Waals surface area contributed by atoms with Gasteiger partial charge in [-0.25, -0.2) is 8.42 Å². The summed E-state index contributed by atoms with van der Waals surface area (Å²) in [6.07, 6.45) is 1.29. The molecule has 2 atom stereocenters. The van der Waals surface area contributed by atoms with Crippen molar-refractivity contribution in [2.45, 2.75) is 18.2 Å². The van der Waals surface area contributed by atoms with Crippen molar-refractivity contribution in [2.24, 2.45) is 5.92 Å². The molecule has 2 rings (SSSR count). The van der Waals surface area contributed by atoms with Crippen molar-refractivity contribution in [1.82, 2.24) is 0 Å². The number of benzene rings is 1. The highest BCUT2D eigenvalue weighted by Crippen LogP contribution is 2.29. The van der Waals surface area contributed by atoms with Gasteiger partial charge in [-0.3, -0.25) is 0 Å². The molecule has 5 heteroatoms. The molecule has 0 radical (unpaired) electrons. The minimum absolute atomic E-state index is 0.0536. The SMILES string of the molecule is O=S1(=O)CCC(C(Cl)Cc2ccccc2Cl)C1. The lowest BCUT2D eigenvalue weighted by molar-refractivity contribution is 0.550. The smallest absolute Gasteiger partial charge is 0.150 e. The third-order valence-corrected chi connectivity index (χ3v) is 5.83. The molecule has 1 heterocycles. The molecule has 0 amide bonds. The fourth-order valence-electron chi connectivity index (χ4n) is 2.15. The lowest BCUT2D eigenvalue weighted by atomic mass is 9.98. The molecule has 0 bridgehead atoms.